The van der Waals surface area contributed by atoms with Crippen molar-refractivity contribution in [1.29, 1.82) is 0 Å². The second-order valence-electron chi connectivity index (χ2n) is 5.70. The fourth-order valence-corrected chi connectivity index (χ4v) is 2.47. The van der Waals surface area contributed by atoms with Crippen molar-refractivity contribution in [3.63, 3.8) is 0 Å². The van der Waals surface area contributed by atoms with Gasteiger partial charge < -0.3 is 15.0 Å². The van der Waals surface area contributed by atoms with E-state index in [-0.39, 0.29) is 0 Å². The van der Waals surface area contributed by atoms with Crippen LogP contribution in [0.3, 0.4) is 0 Å². The molecule has 3 nitrogen and oxygen atoms in total. The van der Waals surface area contributed by atoms with Crippen LogP contribution in [0.2, 0.25) is 0 Å². The van der Waals surface area contributed by atoms with Gasteiger partial charge in [-0.25, -0.2) is 0 Å². The Morgan fingerprint density at radius 1 is 0.905 bits per heavy atom. The summed E-state index contributed by atoms with van der Waals surface area (Å²) in [5.41, 5.74) is 4.21. The van der Waals surface area contributed by atoms with Crippen molar-refractivity contribution in [3.8, 4) is 5.75 Å². The maximum Gasteiger partial charge on any atom is 0.118 e. The van der Waals surface area contributed by atoms with Crippen LogP contribution in [0.4, 0.5) is 0 Å². The molecule has 0 aliphatic rings. The van der Waals surface area contributed by atoms with Gasteiger partial charge in [0.15, 0.2) is 0 Å². The smallest absolute Gasteiger partial charge is 0.118 e. The minimum Gasteiger partial charge on any atom is -0.497 e. The van der Waals surface area contributed by atoms with Crippen LogP contribution in [0.25, 0.3) is 0 Å². The molecule has 0 spiro atoms. The number of benzene rings is 2. The van der Waals surface area contributed by atoms with Crippen molar-refractivity contribution >= 4 is 0 Å². The summed E-state index contributed by atoms with van der Waals surface area (Å²) in [7, 11) is 6.08. The minimum absolute atomic E-state index is 0.915. The molecule has 21 heavy (non-hydrogen) atoms. The zero-order chi connectivity index (χ0) is 15.1. The molecule has 112 valence electrons. The van der Waals surface area contributed by atoms with Gasteiger partial charge in [0.1, 0.15) is 25.4 Å². The molecule has 0 bridgehead atoms. The predicted molar refractivity (Wildman–Crippen MR) is 85.3 cm³/mol. The highest BCUT2D eigenvalue weighted by Gasteiger charge is 2.06. The molecule has 2 aromatic rings. The van der Waals surface area contributed by atoms with E-state index in [9.17, 15) is 0 Å². The number of nitrogens with one attached hydrogen (secondary N) is 1. The summed E-state index contributed by atoms with van der Waals surface area (Å²) >= 11 is 0. The Morgan fingerprint density at radius 3 is 2.19 bits per heavy atom. The summed E-state index contributed by atoms with van der Waals surface area (Å²) in [6.45, 7) is 3.09. The Morgan fingerprint density at radius 2 is 1.57 bits per heavy atom. The highest BCUT2D eigenvalue weighted by molar-refractivity contribution is 5.27. The standard InChI is InChI=1S/C18H24N2O/c1-20(2)14-17-7-5-4-6-16(17)13-19-12-15-8-10-18(21-3)11-9-15/h4-11,19H,12-14H2,1-3H3/p+2. The Bertz CT molecular complexity index is 549. The Hall–Kier alpha value is -1.84. The largest absolute Gasteiger partial charge is 0.497 e. The lowest BCUT2D eigenvalue weighted by molar-refractivity contribution is -0.872. The molecule has 3 heteroatoms. The second-order valence-corrected chi connectivity index (χ2v) is 5.70. The van der Waals surface area contributed by atoms with E-state index in [0.717, 1.165) is 25.4 Å². The van der Waals surface area contributed by atoms with Crippen molar-refractivity contribution in [2.24, 2.45) is 0 Å². The van der Waals surface area contributed by atoms with E-state index in [2.05, 4.69) is 55.8 Å². The van der Waals surface area contributed by atoms with Gasteiger partial charge in [-0.1, -0.05) is 24.3 Å². The van der Waals surface area contributed by atoms with E-state index >= 15 is 0 Å². The lowest BCUT2D eigenvalue weighted by Gasteiger charge is -2.11. The summed E-state index contributed by atoms with van der Waals surface area (Å²) in [5.74, 6) is 0.915. The monoisotopic (exact) mass is 286 g/mol. The van der Waals surface area contributed by atoms with E-state index < -0.39 is 0 Å². The van der Waals surface area contributed by atoms with E-state index in [1.807, 2.05) is 12.1 Å². The average molecular weight is 286 g/mol. The fourth-order valence-electron chi connectivity index (χ4n) is 2.47. The van der Waals surface area contributed by atoms with Gasteiger partial charge in [0.2, 0.25) is 0 Å². The molecule has 0 aliphatic heterocycles. The van der Waals surface area contributed by atoms with Gasteiger partial charge >= 0.3 is 0 Å². The number of methoxy groups -OCH3 is 1. The van der Waals surface area contributed by atoms with Crippen molar-refractivity contribution in [1.82, 2.24) is 0 Å². The molecule has 0 aliphatic carbocycles. The van der Waals surface area contributed by atoms with Crippen molar-refractivity contribution < 1.29 is 15.0 Å². The van der Waals surface area contributed by atoms with E-state index in [1.54, 1.807) is 7.11 Å². The first-order chi connectivity index (χ1) is 10.2. The van der Waals surface area contributed by atoms with Crippen LogP contribution >= 0.6 is 0 Å². The van der Waals surface area contributed by atoms with Gasteiger partial charge in [-0.15, -0.1) is 0 Å². The van der Waals surface area contributed by atoms with Crippen molar-refractivity contribution in [2.75, 3.05) is 21.2 Å². The van der Waals surface area contributed by atoms with Crippen LogP contribution in [-0.4, -0.2) is 21.2 Å². The van der Waals surface area contributed by atoms with Crippen LogP contribution in [0.5, 0.6) is 5.75 Å². The molecule has 0 saturated heterocycles. The van der Waals surface area contributed by atoms with Gasteiger partial charge in [0, 0.05) is 16.7 Å². The van der Waals surface area contributed by atoms with Crippen molar-refractivity contribution in [3.05, 3.63) is 65.2 Å². The molecule has 0 amide bonds. The topological polar surface area (TPSA) is 30.3 Å². The first-order valence-electron chi connectivity index (χ1n) is 7.49. The van der Waals surface area contributed by atoms with Gasteiger partial charge in [-0.05, 0) is 24.3 Å². The first kappa shape index (κ1) is 15.5. The first-order valence-corrected chi connectivity index (χ1v) is 7.49. The lowest BCUT2D eigenvalue weighted by atomic mass is 10.1. The molecule has 0 radical (unpaired) electrons. The third-order valence-electron chi connectivity index (χ3n) is 3.57. The zero-order valence-corrected chi connectivity index (χ0v) is 13.2. The molecule has 0 fully saturated rings. The second kappa shape index (κ2) is 7.81. The van der Waals surface area contributed by atoms with Crippen LogP contribution in [-0.2, 0) is 19.6 Å². The molecular formula is C18H26N2O+2. The van der Waals surface area contributed by atoms with Crippen LogP contribution in [0.1, 0.15) is 16.7 Å². The molecule has 2 rings (SSSR count). The Balaban J connectivity index is 1.90. The zero-order valence-electron chi connectivity index (χ0n) is 13.2. The summed E-state index contributed by atoms with van der Waals surface area (Å²) < 4.78 is 5.18. The third kappa shape index (κ3) is 4.88. The average Bonchev–Trinajstić information content (AvgIpc) is 2.49. The number of quaternary nitrogens is 2. The third-order valence-corrected chi connectivity index (χ3v) is 3.57. The number of nitrogens with two attached hydrogens (primary N) is 1. The van der Waals surface area contributed by atoms with Crippen LogP contribution in [0, 0.1) is 0 Å². The van der Waals surface area contributed by atoms with Gasteiger partial charge in [-0.3, -0.25) is 0 Å². The highest BCUT2D eigenvalue weighted by Crippen LogP contribution is 2.10. The van der Waals surface area contributed by atoms with Crippen molar-refractivity contribution in [2.45, 2.75) is 19.6 Å². The molecule has 0 unspecified atom stereocenters. The molecular weight excluding hydrogens is 260 g/mol. The van der Waals surface area contributed by atoms with E-state index in [4.69, 9.17) is 4.74 Å². The summed E-state index contributed by atoms with van der Waals surface area (Å²) in [5, 5.41) is 2.35. The SMILES string of the molecule is COc1ccc(C[NH2+]Cc2ccccc2C[NH+](C)C)cc1. The number of hydrogen-bond acceptors (Lipinski definition) is 1. The van der Waals surface area contributed by atoms with Crippen LogP contribution < -0.4 is 15.0 Å². The maximum atomic E-state index is 5.18. The Kier molecular flexibility index (Phi) is 5.78. The maximum absolute atomic E-state index is 5.18. The molecule has 0 heterocycles. The number of hydrogen-bond donors (Lipinski definition) is 2. The summed E-state index contributed by atoms with van der Waals surface area (Å²) in [6, 6.07) is 17.0. The molecule has 0 aromatic heterocycles. The highest BCUT2D eigenvalue weighted by atomic mass is 16.5. The van der Waals surface area contributed by atoms with Crippen LogP contribution in [0.15, 0.2) is 48.5 Å². The van der Waals surface area contributed by atoms with E-state index in [1.165, 1.54) is 21.6 Å². The van der Waals surface area contributed by atoms with Gasteiger partial charge in [0.25, 0.3) is 0 Å². The van der Waals surface area contributed by atoms with Gasteiger partial charge in [-0.2, -0.15) is 0 Å². The number of ether oxygens (including phenoxy) is 1. The molecule has 3 N–H and O–H groups in total. The molecule has 0 atom stereocenters. The molecule has 0 saturated carbocycles. The number of rotatable bonds is 7. The normalized spacial score (nSPS) is 10.9. The quantitative estimate of drug-likeness (QED) is 0.767. The predicted octanol–water partition coefficient (Wildman–Crippen LogP) is 0.603. The lowest BCUT2D eigenvalue weighted by Crippen LogP contribution is -3.04. The summed E-state index contributed by atoms with van der Waals surface area (Å²) in [4.78, 5) is 1.46. The fraction of sp³-hybridized carbons (Fsp3) is 0.333. The Labute approximate surface area is 127 Å². The van der Waals surface area contributed by atoms with E-state index in [0.29, 0.717) is 0 Å². The summed E-state index contributed by atoms with van der Waals surface area (Å²) in [6.07, 6.45) is 0. The molecule has 2 aromatic carbocycles. The minimum atomic E-state index is 0.915. The van der Waals surface area contributed by atoms with Gasteiger partial charge in [0.05, 0.1) is 21.2 Å².